The van der Waals surface area contributed by atoms with Gasteiger partial charge >= 0.3 is 6.18 Å². The molecule has 3 N–H and O–H groups in total. The lowest BCUT2D eigenvalue weighted by Crippen LogP contribution is -2.52. The van der Waals surface area contributed by atoms with Crippen LogP contribution in [0.5, 0.6) is 0 Å². The second-order valence-electron chi connectivity index (χ2n) is 5.29. The Morgan fingerprint density at radius 1 is 1.39 bits per heavy atom. The predicted octanol–water partition coefficient (Wildman–Crippen LogP) is 1.47. The molecule has 1 aliphatic rings. The Kier molecular flexibility index (Phi) is 5.58. The van der Waals surface area contributed by atoms with Gasteiger partial charge in [0.15, 0.2) is 0 Å². The maximum absolute atomic E-state index is 12.7. The van der Waals surface area contributed by atoms with E-state index in [0.717, 1.165) is 12.1 Å². The zero-order chi connectivity index (χ0) is 17.0. The first kappa shape index (κ1) is 17.7. The van der Waals surface area contributed by atoms with Gasteiger partial charge in [0.05, 0.1) is 24.8 Å². The van der Waals surface area contributed by atoms with Gasteiger partial charge in [-0.05, 0) is 30.5 Å². The van der Waals surface area contributed by atoms with Crippen LogP contribution in [0.25, 0.3) is 0 Å². The van der Waals surface area contributed by atoms with Gasteiger partial charge in [-0.15, -0.1) is 0 Å². The van der Waals surface area contributed by atoms with Crippen molar-refractivity contribution in [1.82, 2.24) is 10.5 Å². The first-order chi connectivity index (χ1) is 10.8. The van der Waals surface area contributed by atoms with Crippen molar-refractivity contribution in [2.75, 3.05) is 6.54 Å². The average molecular weight is 334 g/mol. The minimum atomic E-state index is -4.45. The van der Waals surface area contributed by atoms with Gasteiger partial charge < -0.3 is 5.11 Å². The van der Waals surface area contributed by atoms with Crippen molar-refractivity contribution in [3.63, 3.8) is 0 Å². The molecule has 6 nitrogen and oxygen atoms in total. The van der Waals surface area contributed by atoms with Crippen LogP contribution in [0.3, 0.4) is 0 Å². The number of hydrogen-bond acceptors (Lipinski definition) is 5. The van der Waals surface area contributed by atoms with Crippen molar-refractivity contribution >= 4 is 5.91 Å². The Bertz CT molecular complexity index is 553. The highest BCUT2D eigenvalue weighted by atomic mass is 19.4. The SMILES string of the molecule is O=C(NO)[C@H]1CC[C@@H](O)CN1OCc1cccc(C(F)(F)F)c1. The van der Waals surface area contributed by atoms with Crippen LogP contribution in [0.4, 0.5) is 13.2 Å². The van der Waals surface area contributed by atoms with Crippen LogP contribution >= 0.6 is 0 Å². The van der Waals surface area contributed by atoms with Gasteiger partial charge in [-0.1, -0.05) is 12.1 Å². The van der Waals surface area contributed by atoms with Gasteiger partial charge in [-0.25, -0.2) is 5.48 Å². The minimum absolute atomic E-state index is 0.0248. The highest BCUT2D eigenvalue weighted by Gasteiger charge is 2.34. The largest absolute Gasteiger partial charge is 0.416 e. The van der Waals surface area contributed by atoms with E-state index in [-0.39, 0.29) is 25.1 Å². The maximum atomic E-state index is 12.7. The summed E-state index contributed by atoms with van der Waals surface area (Å²) in [6.07, 6.45) is -4.53. The highest BCUT2D eigenvalue weighted by Crippen LogP contribution is 2.30. The number of benzene rings is 1. The lowest BCUT2D eigenvalue weighted by Gasteiger charge is -2.35. The second-order valence-corrected chi connectivity index (χ2v) is 5.29. The molecule has 0 aromatic heterocycles. The molecule has 0 aliphatic carbocycles. The van der Waals surface area contributed by atoms with Crippen molar-refractivity contribution in [1.29, 1.82) is 0 Å². The van der Waals surface area contributed by atoms with E-state index in [1.807, 2.05) is 0 Å². The van der Waals surface area contributed by atoms with Gasteiger partial charge in [0.1, 0.15) is 6.04 Å². The van der Waals surface area contributed by atoms with Crippen molar-refractivity contribution < 1.29 is 33.1 Å². The molecule has 0 saturated carbocycles. The number of aliphatic hydroxyl groups excluding tert-OH is 1. The Hall–Kier alpha value is -1.68. The van der Waals surface area contributed by atoms with Gasteiger partial charge in [-0.2, -0.15) is 18.2 Å². The average Bonchev–Trinajstić information content (AvgIpc) is 2.52. The van der Waals surface area contributed by atoms with E-state index in [2.05, 4.69) is 0 Å². The molecule has 23 heavy (non-hydrogen) atoms. The van der Waals surface area contributed by atoms with E-state index in [0.29, 0.717) is 6.42 Å². The number of halogens is 3. The summed E-state index contributed by atoms with van der Waals surface area (Å²) in [5.74, 6) is -0.694. The third-order valence-corrected chi connectivity index (χ3v) is 3.58. The van der Waals surface area contributed by atoms with E-state index < -0.39 is 29.8 Å². The number of hydrogen-bond donors (Lipinski definition) is 3. The fourth-order valence-electron chi connectivity index (χ4n) is 2.39. The first-order valence-electron chi connectivity index (χ1n) is 6.99. The quantitative estimate of drug-likeness (QED) is 0.574. The number of amides is 1. The molecular formula is C14H17F3N2O4. The zero-order valence-corrected chi connectivity index (χ0v) is 12.1. The van der Waals surface area contributed by atoms with E-state index in [1.54, 1.807) is 0 Å². The summed E-state index contributed by atoms with van der Waals surface area (Å²) >= 11 is 0. The van der Waals surface area contributed by atoms with Crippen LogP contribution in [0, 0.1) is 0 Å². The van der Waals surface area contributed by atoms with E-state index >= 15 is 0 Å². The van der Waals surface area contributed by atoms with E-state index in [9.17, 15) is 23.1 Å². The second kappa shape index (κ2) is 7.26. The van der Waals surface area contributed by atoms with Crippen LogP contribution in [-0.2, 0) is 22.4 Å². The Balaban J connectivity index is 2.04. The Labute approximate surface area is 130 Å². The number of rotatable bonds is 4. The number of nitrogens with zero attached hydrogens (tertiary/aromatic N) is 1. The summed E-state index contributed by atoms with van der Waals surface area (Å²) < 4.78 is 38.0. The third kappa shape index (κ3) is 4.64. The lowest BCUT2D eigenvalue weighted by molar-refractivity contribution is -0.224. The van der Waals surface area contributed by atoms with Crippen LogP contribution < -0.4 is 5.48 Å². The molecule has 1 heterocycles. The molecule has 1 fully saturated rings. The number of β-amino-alcohol motifs (C(OH)–C–C–N with tert-alkyl or cyclic N) is 1. The van der Waals surface area contributed by atoms with Crippen molar-refractivity contribution in [3.05, 3.63) is 35.4 Å². The molecule has 1 aromatic rings. The molecular weight excluding hydrogens is 317 g/mol. The van der Waals surface area contributed by atoms with E-state index in [4.69, 9.17) is 10.0 Å². The van der Waals surface area contributed by atoms with Gasteiger partial charge in [0, 0.05) is 0 Å². The molecule has 0 unspecified atom stereocenters. The van der Waals surface area contributed by atoms with Crippen molar-refractivity contribution in [2.45, 2.75) is 37.8 Å². The summed E-state index contributed by atoms with van der Waals surface area (Å²) in [4.78, 5) is 16.9. The van der Waals surface area contributed by atoms with Gasteiger partial charge in [0.25, 0.3) is 5.91 Å². The monoisotopic (exact) mass is 334 g/mol. The van der Waals surface area contributed by atoms with E-state index in [1.165, 1.54) is 22.7 Å². The molecule has 0 radical (unpaired) electrons. The summed E-state index contributed by atoms with van der Waals surface area (Å²) in [6.45, 7) is -0.164. The van der Waals surface area contributed by atoms with Crippen molar-refractivity contribution in [2.24, 2.45) is 0 Å². The topological polar surface area (TPSA) is 82.0 Å². The molecule has 1 amide bonds. The minimum Gasteiger partial charge on any atom is -0.392 e. The smallest absolute Gasteiger partial charge is 0.392 e. The molecule has 2 atom stereocenters. The summed E-state index contributed by atoms with van der Waals surface area (Å²) in [6, 6.07) is 3.84. The molecule has 0 bridgehead atoms. The molecule has 0 spiro atoms. The molecule has 1 aromatic carbocycles. The number of nitrogens with one attached hydrogen (secondary N) is 1. The molecule has 1 aliphatic heterocycles. The Morgan fingerprint density at radius 2 is 2.13 bits per heavy atom. The lowest BCUT2D eigenvalue weighted by atomic mass is 10.0. The normalized spacial score (nSPS) is 22.8. The number of aliphatic hydroxyl groups is 1. The van der Waals surface area contributed by atoms with Crippen LogP contribution in [0.1, 0.15) is 24.0 Å². The third-order valence-electron chi connectivity index (χ3n) is 3.58. The summed E-state index contributed by atoms with van der Waals surface area (Å²) in [5.41, 5.74) is 1.01. The molecule has 128 valence electrons. The number of piperidine rings is 1. The van der Waals surface area contributed by atoms with Gasteiger partial charge in [-0.3, -0.25) is 14.8 Å². The predicted molar refractivity (Wildman–Crippen MR) is 71.9 cm³/mol. The number of carbonyl (C=O) groups excluding carboxylic acids is 1. The summed E-state index contributed by atoms with van der Waals surface area (Å²) in [7, 11) is 0. The fourth-order valence-corrected chi connectivity index (χ4v) is 2.39. The molecule has 2 rings (SSSR count). The van der Waals surface area contributed by atoms with Gasteiger partial charge in [0.2, 0.25) is 0 Å². The summed E-state index contributed by atoms with van der Waals surface area (Å²) in [5, 5.41) is 19.5. The number of hydroxylamine groups is 3. The maximum Gasteiger partial charge on any atom is 0.416 e. The van der Waals surface area contributed by atoms with Crippen LogP contribution in [0.15, 0.2) is 24.3 Å². The first-order valence-corrected chi connectivity index (χ1v) is 6.99. The molecule has 9 heteroatoms. The highest BCUT2D eigenvalue weighted by molar-refractivity contribution is 5.80. The Morgan fingerprint density at radius 3 is 2.78 bits per heavy atom. The van der Waals surface area contributed by atoms with Crippen molar-refractivity contribution in [3.8, 4) is 0 Å². The fraction of sp³-hybridized carbons (Fsp3) is 0.500. The van der Waals surface area contributed by atoms with Crippen LogP contribution in [0.2, 0.25) is 0 Å². The number of alkyl halides is 3. The van der Waals surface area contributed by atoms with Crippen LogP contribution in [-0.4, -0.2) is 40.0 Å². The standard InChI is InChI=1S/C14H17F3N2O4/c15-14(16,17)10-3-1-2-9(6-10)8-23-19-7-11(20)4-5-12(19)13(21)18-22/h1-3,6,11-12,20,22H,4-5,7-8H2,(H,18,21)/t11-,12-/m1/s1. The molecule has 1 saturated heterocycles. The number of carbonyl (C=O) groups is 1. The zero-order valence-electron chi connectivity index (χ0n) is 12.1.